The van der Waals surface area contributed by atoms with Gasteiger partial charge in [-0.15, -0.1) is 0 Å². The highest BCUT2D eigenvalue weighted by Gasteiger charge is 2.06. The Morgan fingerprint density at radius 2 is 0.742 bits per heavy atom. The molecule has 0 aromatic rings. The number of thiocarbonyl (C=S) groups is 3. The average Bonchev–Trinajstić information content (AvgIpc) is 2.74. The van der Waals surface area contributed by atoms with Gasteiger partial charge in [0.05, 0.1) is 0 Å². The molecule has 0 aliphatic carbocycles. The highest BCUT2D eigenvalue weighted by Crippen LogP contribution is 1.88. The second-order valence-electron chi connectivity index (χ2n) is 7.45. The van der Waals surface area contributed by atoms with Crippen LogP contribution < -0.4 is 31.9 Å². The van der Waals surface area contributed by atoms with Crippen LogP contribution in [0.15, 0.2) is 0 Å². The van der Waals surface area contributed by atoms with Crippen molar-refractivity contribution < 1.29 is 0 Å². The smallest absolute Gasteiger partial charge is 0.166 e. The Kier molecular flexibility index (Phi) is 21.5. The molecule has 0 spiro atoms. The minimum atomic E-state index is 0.729. The molecule has 0 aliphatic rings. The minimum absolute atomic E-state index is 0.729. The van der Waals surface area contributed by atoms with E-state index in [1.807, 2.05) is 0 Å². The molecule has 0 radical (unpaired) electrons. The summed E-state index contributed by atoms with van der Waals surface area (Å²) in [5.74, 6) is 0. The van der Waals surface area contributed by atoms with Gasteiger partial charge in [0.15, 0.2) is 15.3 Å². The first-order chi connectivity index (χ1) is 15.0. The summed E-state index contributed by atoms with van der Waals surface area (Å²) in [6, 6.07) is 0. The van der Waals surface area contributed by atoms with E-state index in [0.29, 0.717) is 0 Å². The highest BCUT2D eigenvalue weighted by molar-refractivity contribution is 7.80. The second-order valence-corrected chi connectivity index (χ2v) is 8.68. The Morgan fingerprint density at radius 3 is 1.00 bits per heavy atom. The number of hydrogen-bond acceptors (Lipinski definition) is 4. The van der Waals surface area contributed by atoms with Crippen molar-refractivity contribution in [2.75, 3.05) is 58.9 Å². The average molecular weight is 492 g/mol. The van der Waals surface area contributed by atoms with Crippen molar-refractivity contribution in [3.8, 4) is 0 Å². The van der Waals surface area contributed by atoms with Crippen molar-refractivity contribution in [3.05, 3.63) is 0 Å². The molecule has 7 nitrogen and oxygen atoms in total. The fourth-order valence-corrected chi connectivity index (χ4v) is 3.25. The number of nitrogens with zero attached hydrogens (tertiary/aromatic N) is 1. The molecule has 182 valence electrons. The van der Waals surface area contributed by atoms with E-state index < -0.39 is 0 Å². The fraction of sp³-hybridized carbons (Fsp3) is 0.857. The van der Waals surface area contributed by atoms with Crippen LogP contribution >= 0.6 is 36.7 Å². The van der Waals surface area contributed by atoms with Gasteiger partial charge < -0.3 is 31.9 Å². The topological polar surface area (TPSA) is 75.4 Å². The second kappa shape index (κ2) is 22.2. The molecule has 0 atom stereocenters. The van der Waals surface area contributed by atoms with Gasteiger partial charge >= 0.3 is 0 Å². The Labute approximate surface area is 206 Å². The molecule has 0 unspecified atom stereocenters. The van der Waals surface area contributed by atoms with E-state index in [2.05, 4.69) is 57.6 Å². The summed E-state index contributed by atoms with van der Waals surface area (Å²) >= 11 is 16.0. The van der Waals surface area contributed by atoms with Crippen LogP contribution in [0.25, 0.3) is 0 Å². The lowest BCUT2D eigenvalue weighted by molar-refractivity contribution is 0.285. The van der Waals surface area contributed by atoms with E-state index in [1.54, 1.807) is 0 Å². The van der Waals surface area contributed by atoms with Crippen LogP contribution in [0.1, 0.15) is 59.3 Å². The fourth-order valence-electron chi connectivity index (χ4n) is 2.64. The predicted molar refractivity (Wildman–Crippen MR) is 147 cm³/mol. The third kappa shape index (κ3) is 20.7. The normalized spacial score (nSPS) is 10.5. The minimum Gasteiger partial charge on any atom is -0.363 e. The van der Waals surface area contributed by atoms with Crippen molar-refractivity contribution in [1.29, 1.82) is 0 Å². The van der Waals surface area contributed by atoms with E-state index >= 15 is 0 Å². The Bertz CT molecular complexity index is 411. The largest absolute Gasteiger partial charge is 0.363 e. The van der Waals surface area contributed by atoms with Crippen LogP contribution in [0.3, 0.4) is 0 Å². The summed E-state index contributed by atoms with van der Waals surface area (Å²) in [6.45, 7) is 14.4. The van der Waals surface area contributed by atoms with Crippen molar-refractivity contribution in [2.45, 2.75) is 59.3 Å². The molecule has 0 aliphatic heterocycles. The maximum absolute atomic E-state index is 5.35. The van der Waals surface area contributed by atoms with E-state index in [4.69, 9.17) is 36.7 Å². The summed E-state index contributed by atoms with van der Waals surface area (Å²) in [5.41, 5.74) is 0. The first-order valence-electron chi connectivity index (χ1n) is 11.8. The summed E-state index contributed by atoms with van der Waals surface area (Å²) < 4.78 is 0. The molecule has 0 rings (SSSR count). The maximum atomic E-state index is 5.35. The van der Waals surface area contributed by atoms with Gasteiger partial charge in [0.25, 0.3) is 0 Å². The van der Waals surface area contributed by atoms with Crippen molar-refractivity contribution in [3.63, 3.8) is 0 Å². The van der Waals surface area contributed by atoms with Gasteiger partial charge in [0, 0.05) is 58.9 Å². The summed E-state index contributed by atoms with van der Waals surface area (Å²) in [6.07, 6.45) is 6.87. The van der Waals surface area contributed by atoms with Crippen LogP contribution in [0.4, 0.5) is 0 Å². The molecular formula is C21H45N7S3. The molecule has 0 aromatic heterocycles. The molecule has 0 saturated heterocycles. The first kappa shape index (κ1) is 30.0. The Hall–Kier alpha value is -0.970. The van der Waals surface area contributed by atoms with E-state index in [9.17, 15) is 0 Å². The zero-order valence-corrected chi connectivity index (χ0v) is 22.2. The highest BCUT2D eigenvalue weighted by atomic mass is 32.1. The van der Waals surface area contributed by atoms with E-state index in [-0.39, 0.29) is 0 Å². The van der Waals surface area contributed by atoms with Gasteiger partial charge in [-0.2, -0.15) is 0 Å². The third-order valence-electron chi connectivity index (χ3n) is 4.59. The van der Waals surface area contributed by atoms with Crippen molar-refractivity contribution >= 4 is 52.0 Å². The van der Waals surface area contributed by atoms with Crippen LogP contribution in [0.2, 0.25) is 0 Å². The van der Waals surface area contributed by atoms with Gasteiger partial charge in [-0.25, -0.2) is 0 Å². The molecule has 0 saturated carbocycles. The number of nitrogens with one attached hydrogen (secondary N) is 6. The quantitative estimate of drug-likeness (QED) is 0.127. The van der Waals surface area contributed by atoms with Gasteiger partial charge in [0.1, 0.15) is 0 Å². The molecule has 6 N–H and O–H groups in total. The molecular weight excluding hydrogens is 446 g/mol. The summed E-state index contributed by atoms with van der Waals surface area (Å²) in [5, 5.41) is 21.8. The van der Waals surface area contributed by atoms with Crippen molar-refractivity contribution in [2.24, 2.45) is 0 Å². The van der Waals surface area contributed by atoms with Gasteiger partial charge in [-0.05, 0) is 55.9 Å². The number of rotatable bonds is 18. The molecule has 0 heterocycles. The Morgan fingerprint density at radius 1 is 0.484 bits per heavy atom. The van der Waals surface area contributed by atoms with Gasteiger partial charge in [-0.1, -0.05) is 40.0 Å². The monoisotopic (exact) mass is 491 g/mol. The predicted octanol–water partition coefficient (Wildman–Crippen LogP) is 2.08. The van der Waals surface area contributed by atoms with Crippen LogP contribution in [-0.2, 0) is 0 Å². The number of unbranched alkanes of at least 4 members (excludes halogenated alkanes) is 3. The lowest BCUT2D eigenvalue weighted by Gasteiger charge is -2.24. The van der Waals surface area contributed by atoms with Crippen LogP contribution in [0, 0.1) is 0 Å². The first-order valence-corrected chi connectivity index (χ1v) is 13.0. The summed E-state index contributed by atoms with van der Waals surface area (Å²) in [4.78, 5) is 2.38. The lowest BCUT2D eigenvalue weighted by Crippen LogP contribution is -2.46. The SMILES string of the molecule is CCCCNC(=S)NCCN(CCNC(=S)NCCCC)CCNC(=S)NCCCC. The molecule has 0 fully saturated rings. The molecule has 31 heavy (non-hydrogen) atoms. The maximum Gasteiger partial charge on any atom is 0.166 e. The molecule has 0 aromatic carbocycles. The zero-order chi connectivity index (χ0) is 23.2. The molecule has 0 amide bonds. The molecule has 10 heteroatoms. The molecule has 0 bridgehead atoms. The standard InChI is InChI=1S/C21H45N7S3/c1-4-7-10-22-19(29)25-13-16-28(17-14-26-20(30)23-11-8-5-2)18-15-27-21(31)24-12-9-6-3/h4-18H2,1-3H3,(H2,22,25,29)(H2,23,26,30)(H2,24,27,31). The van der Waals surface area contributed by atoms with Crippen molar-refractivity contribution in [1.82, 2.24) is 36.8 Å². The number of hydrogen-bond donors (Lipinski definition) is 6. The van der Waals surface area contributed by atoms with E-state index in [0.717, 1.165) is 113 Å². The Balaban J connectivity index is 4.26. The van der Waals surface area contributed by atoms with Gasteiger partial charge in [0.2, 0.25) is 0 Å². The van der Waals surface area contributed by atoms with Crippen LogP contribution in [0.5, 0.6) is 0 Å². The third-order valence-corrected chi connectivity index (χ3v) is 5.45. The summed E-state index contributed by atoms with van der Waals surface area (Å²) in [7, 11) is 0. The lowest BCUT2D eigenvalue weighted by atomic mass is 10.3. The van der Waals surface area contributed by atoms with Gasteiger partial charge in [-0.3, -0.25) is 4.90 Å². The van der Waals surface area contributed by atoms with E-state index in [1.165, 1.54) is 0 Å². The zero-order valence-electron chi connectivity index (χ0n) is 19.8. The van der Waals surface area contributed by atoms with Crippen LogP contribution in [-0.4, -0.2) is 79.1 Å².